The molecule has 0 N–H and O–H groups in total. The maximum Gasteiger partial charge on any atom is 0.0220 e. The monoisotopic (exact) mass is 272 g/mol. The number of piperidine rings is 1. The van der Waals surface area contributed by atoms with Crippen LogP contribution in [-0.2, 0) is 6.42 Å². The number of hydrogen-bond donors (Lipinski definition) is 0. The van der Waals surface area contributed by atoms with Crippen LogP contribution in [0.25, 0.3) is 0 Å². The number of likely N-dealkylation sites (tertiary alicyclic amines) is 2. The van der Waals surface area contributed by atoms with Crippen LogP contribution in [0, 0.1) is 5.92 Å². The van der Waals surface area contributed by atoms with Crippen LogP contribution >= 0.6 is 0 Å². The first-order valence-electron chi connectivity index (χ1n) is 8.28. The molecule has 0 unspecified atom stereocenters. The average molecular weight is 272 g/mol. The summed E-state index contributed by atoms with van der Waals surface area (Å²) in [5.41, 5.74) is 1.52. The van der Waals surface area contributed by atoms with E-state index in [-0.39, 0.29) is 0 Å². The number of nitrogens with zero attached hydrogens (tertiary/aromatic N) is 2. The van der Waals surface area contributed by atoms with E-state index in [1.165, 1.54) is 63.8 Å². The first-order chi connectivity index (χ1) is 9.81. The van der Waals surface area contributed by atoms with Crippen molar-refractivity contribution in [2.45, 2.75) is 38.1 Å². The van der Waals surface area contributed by atoms with Crippen LogP contribution in [0.2, 0.25) is 0 Å². The van der Waals surface area contributed by atoms with E-state index in [1.54, 1.807) is 0 Å². The Kier molecular flexibility index (Phi) is 4.74. The third-order valence-electron chi connectivity index (χ3n) is 5.21. The van der Waals surface area contributed by atoms with Crippen molar-refractivity contribution in [3.05, 3.63) is 35.9 Å². The number of likely N-dealkylation sites (N-methyl/N-ethyl adjacent to an activating group) is 1. The quantitative estimate of drug-likeness (QED) is 0.831. The molecular weight excluding hydrogens is 244 g/mol. The van der Waals surface area contributed by atoms with Crippen LogP contribution in [0.4, 0.5) is 0 Å². The predicted octanol–water partition coefficient (Wildman–Crippen LogP) is 3.04. The SMILES string of the molecule is CN1CCC[C@@H]1CN1CCC(Cc2ccccc2)CC1. The van der Waals surface area contributed by atoms with Gasteiger partial charge in [0.05, 0.1) is 0 Å². The zero-order valence-corrected chi connectivity index (χ0v) is 12.8. The smallest absolute Gasteiger partial charge is 0.0220 e. The zero-order valence-electron chi connectivity index (χ0n) is 12.8. The fraction of sp³-hybridized carbons (Fsp3) is 0.667. The molecule has 0 aromatic heterocycles. The summed E-state index contributed by atoms with van der Waals surface area (Å²) < 4.78 is 0. The Morgan fingerprint density at radius 1 is 1.00 bits per heavy atom. The Hall–Kier alpha value is -0.860. The summed E-state index contributed by atoms with van der Waals surface area (Å²) in [7, 11) is 2.29. The Morgan fingerprint density at radius 2 is 1.75 bits per heavy atom. The third kappa shape index (κ3) is 3.62. The van der Waals surface area contributed by atoms with Gasteiger partial charge in [-0.25, -0.2) is 0 Å². The molecule has 20 heavy (non-hydrogen) atoms. The number of benzene rings is 1. The molecule has 110 valence electrons. The third-order valence-corrected chi connectivity index (χ3v) is 5.21. The molecule has 2 aliphatic heterocycles. The lowest BCUT2D eigenvalue weighted by Crippen LogP contribution is -2.42. The molecule has 0 saturated carbocycles. The van der Waals surface area contributed by atoms with Crippen molar-refractivity contribution in [1.82, 2.24) is 9.80 Å². The molecule has 2 heterocycles. The minimum absolute atomic E-state index is 0.820. The summed E-state index contributed by atoms with van der Waals surface area (Å²) >= 11 is 0. The van der Waals surface area contributed by atoms with Crippen molar-refractivity contribution < 1.29 is 0 Å². The molecule has 2 nitrogen and oxygen atoms in total. The van der Waals surface area contributed by atoms with E-state index in [2.05, 4.69) is 47.2 Å². The summed E-state index contributed by atoms with van der Waals surface area (Å²) in [6.07, 6.45) is 6.83. The lowest BCUT2D eigenvalue weighted by molar-refractivity contribution is 0.143. The molecule has 1 aromatic rings. The van der Waals surface area contributed by atoms with Gasteiger partial charge in [-0.3, -0.25) is 0 Å². The molecule has 1 atom stereocenters. The molecule has 0 spiro atoms. The Balaban J connectivity index is 1.43. The fourth-order valence-corrected chi connectivity index (χ4v) is 3.83. The molecule has 2 fully saturated rings. The first kappa shape index (κ1) is 14.1. The highest BCUT2D eigenvalue weighted by molar-refractivity contribution is 5.15. The summed E-state index contributed by atoms with van der Waals surface area (Å²) in [5, 5.41) is 0. The lowest BCUT2D eigenvalue weighted by Gasteiger charge is -2.35. The van der Waals surface area contributed by atoms with Gasteiger partial charge in [0.2, 0.25) is 0 Å². The summed E-state index contributed by atoms with van der Waals surface area (Å²) in [6.45, 7) is 5.22. The molecule has 0 aliphatic carbocycles. The van der Waals surface area contributed by atoms with E-state index in [4.69, 9.17) is 0 Å². The molecule has 0 amide bonds. The Bertz CT molecular complexity index is 395. The predicted molar refractivity (Wildman–Crippen MR) is 85.0 cm³/mol. The molecule has 2 heteroatoms. The fourth-order valence-electron chi connectivity index (χ4n) is 3.83. The molecule has 0 radical (unpaired) electrons. The van der Waals surface area contributed by atoms with Crippen LogP contribution in [0.15, 0.2) is 30.3 Å². The Labute approximate surface area is 123 Å². The van der Waals surface area contributed by atoms with Crippen LogP contribution in [-0.4, -0.2) is 49.1 Å². The van der Waals surface area contributed by atoms with Crippen molar-refractivity contribution >= 4 is 0 Å². The topological polar surface area (TPSA) is 6.48 Å². The van der Waals surface area contributed by atoms with Gasteiger partial charge in [-0.2, -0.15) is 0 Å². The van der Waals surface area contributed by atoms with Gasteiger partial charge in [-0.05, 0) is 70.3 Å². The Morgan fingerprint density at radius 3 is 2.40 bits per heavy atom. The van der Waals surface area contributed by atoms with Crippen molar-refractivity contribution in [3.8, 4) is 0 Å². The summed E-state index contributed by atoms with van der Waals surface area (Å²) in [4.78, 5) is 5.25. The van der Waals surface area contributed by atoms with Crippen LogP contribution in [0.3, 0.4) is 0 Å². The van der Waals surface area contributed by atoms with Crippen molar-refractivity contribution in [2.24, 2.45) is 5.92 Å². The maximum absolute atomic E-state index is 2.70. The van der Waals surface area contributed by atoms with Crippen LogP contribution < -0.4 is 0 Å². The van der Waals surface area contributed by atoms with E-state index in [9.17, 15) is 0 Å². The van der Waals surface area contributed by atoms with Crippen LogP contribution in [0.1, 0.15) is 31.2 Å². The second-order valence-corrected chi connectivity index (χ2v) is 6.71. The number of rotatable bonds is 4. The van der Waals surface area contributed by atoms with E-state index in [0.717, 1.165) is 12.0 Å². The minimum atomic E-state index is 0.820. The second-order valence-electron chi connectivity index (χ2n) is 6.71. The minimum Gasteiger partial charge on any atom is -0.302 e. The van der Waals surface area contributed by atoms with Gasteiger partial charge in [-0.15, -0.1) is 0 Å². The lowest BCUT2D eigenvalue weighted by atomic mass is 9.90. The van der Waals surface area contributed by atoms with E-state index in [0.29, 0.717) is 0 Å². The normalized spacial score (nSPS) is 26.1. The van der Waals surface area contributed by atoms with Gasteiger partial charge < -0.3 is 9.80 Å². The van der Waals surface area contributed by atoms with Crippen molar-refractivity contribution in [3.63, 3.8) is 0 Å². The highest BCUT2D eigenvalue weighted by Crippen LogP contribution is 2.23. The molecule has 3 rings (SSSR count). The van der Waals surface area contributed by atoms with Gasteiger partial charge in [0.15, 0.2) is 0 Å². The summed E-state index contributed by atoms with van der Waals surface area (Å²) in [6, 6.07) is 11.8. The van der Waals surface area contributed by atoms with Gasteiger partial charge in [0.1, 0.15) is 0 Å². The van der Waals surface area contributed by atoms with E-state index >= 15 is 0 Å². The van der Waals surface area contributed by atoms with Gasteiger partial charge >= 0.3 is 0 Å². The maximum atomic E-state index is 2.70. The zero-order chi connectivity index (χ0) is 13.8. The first-order valence-corrected chi connectivity index (χ1v) is 8.28. The van der Waals surface area contributed by atoms with Gasteiger partial charge in [0, 0.05) is 12.6 Å². The molecule has 2 aliphatic rings. The molecule has 2 saturated heterocycles. The highest BCUT2D eigenvalue weighted by atomic mass is 15.2. The van der Waals surface area contributed by atoms with Crippen LogP contribution in [0.5, 0.6) is 0 Å². The molecule has 0 bridgehead atoms. The van der Waals surface area contributed by atoms with Crippen molar-refractivity contribution in [1.29, 1.82) is 0 Å². The van der Waals surface area contributed by atoms with Gasteiger partial charge in [-0.1, -0.05) is 30.3 Å². The second kappa shape index (κ2) is 6.73. The molecule has 1 aromatic carbocycles. The average Bonchev–Trinajstić information content (AvgIpc) is 2.88. The number of hydrogen-bond acceptors (Lipinski definition) is 2. The van der Waals surface area contributed by atoms with E-state index < -0.39 is 0 Å². The van der Waals surface area contributed by atoms with Gasteiger partial charge in [0.25, 0.3) is 0 Å². The largest absolute Gasteiger partial charge is 0.302 e. The standard InChI is InChI=1S/C18H28N2/c1-19-11-5-8-18(19)15-20-12-9-17(10-13-20)14-16-6-3-2-4-7-16/h2-4,6-7,17-18H,5,8-15H2,1H3/t18-/m1/s1. The van der Waals surface area contributed by atoms with E-state index in [1.807, 2.05) is 0 Å². The van der Waals surface area contributed by atoms with Crippen molar-refractivity contribution in [2.75, 3.05) is 33.2 Å². The molecular formula is C18H28N2. The highest BCUT2D eigenvalue weighted by Gasteiger charge is 2.26. The summed E-state index contributed by atoms with van der Waals surface area (Å²) in [5.74, 6) is 0.898.